The van der Waals surface area contributed by atoms with Gasteiger partial charge in [-0.15, -0.1) is 0 Å². The van der Waals surface area contributed by atoms with Crippen molar-refractivity contribution in [3.63, 3.8) is 0 Å². The van der Waals surface area contributed by atoms with Crippen molar-refractivity contribution < 1.29 is 9.18 Å². The molecule has 100 valence electrons. The first-order valence-corrected chi connectivity index (χ1v) is 6.62. The van der Waals surface area contributed by atoms with Crippen LogP contribution in [-0.4, -0.2) is 12.3 Å². The molecule has 18 heavy (non-hydrogen) atoms. The second-order valence-corrected chi connectivity index (χ2v) is 4.73. The van der Waals surface area contributed by atoms with Crippen LogP contribution in [-0.2, 0) is 11.2 Å². The summed E-state index contributed by atoms with van der Waals surface area (Å²) in [5, 5.41) is 0. The summed E-state index contributed by atoms with van der Waals surface area (Å²) in [7, 11) is 0. The molecule has 0 fully saturated rings. The molecule has 1 rings (SSSR count). The predicted octanol–water partition coefficient (Wildman–Crippen LogP) is 3.09. The predicted molar refractivity (Wildman–Crippen MR) is 71.8 cm³/mol. The Balaban J connectivity index is 2.35. The SMILES string of the molecule is CCC(CCN)CCC(=O)Cc1ccc(F)cc1. The van der Waals surface area contributed by atoms with Gasteiger partial charge in [0, 0.05) is 12.8 Å². The van der Waals surface area contributed by atoms with Gasteiger partial charge in [0.1, 0.15) is 11.6 Å². The van der Waals surface area contributed by atoms with Gasteiger partial charge in [-0.1, -0.05) is 25.5 Å². The van der Waals surface area contributed by atoms with Crippen LogP contribution in [0.15, 0.2) is 24.3 Å². The molecule has 0 radical (unpaired) electrons. The smallest absolute Gasteiger partial charge is 0.137 e. The van der Waals surface area contributed by atoms with Crippen LogP contribution in [0.3, 0.4) is 0 Å². The second kappa shape index (κ2) is 7.98. The Morgan fingerprint density at radius 1 is 1.28 bits per heavy atom. The number of carbonyl (C=O) groups is 1. The molecule has 1 atom stereocenters. The standard InChI is InChI=1S/C15H22FNO/c1-2-12(9-10-17)5-8-15(18)11-13-3-6-14(16)7-4-13/h3-4,6-7,12H,2,5,8-11,17H2,1H3. The maximum atomic E-state index is 12.7. The fraction of sp³-hybridized carbons (Fsp3) is 0.533. The zero-order valence-corrected chi connectivity index (χ0v) is 11.0. The molecule has 0 spiro atoms. The molecule has 0 aliphatic rings. The van der Waals surface area contributed by atoms with E-state index in [0.29, 0.717) is 25.3 Å². The molecular formula is C15H22FNO. The molecule has 0 aromatic heterocycles. The molecular weight excluding hydrogens is 229 g/mol. The number of rotatable bonds is 8. The van der Waals surface area contributed by atoms with Gasteiger partial charge in [0.25, 0.3) is 0 Å². The van der Waals surface area contributed by atoms with E-state index < -0.39 is 0 Å². The molecule has 0 bridgehead atoms. The van der Waals surface area contributed by atoms with Crippen LogP contribution in [0.25, 0.3) is 0 Å². The second-order valence-electron chi connectivity index (χ2n) is 4.73. The molecule has 0 heterocycles. The van der Waals surface area contributed by atoms with Gasteiger partial charge in [0.15, 0.2) is 0 Å². The molecule has 0 aliphatic carbocycles. The highest BCUT2D eigenvalue weighted by Gasteiger charge is 2.09. The van der Waals surface area contributed by atoms with Crippen LogP contribution in [0.1, 0.15) is 38.2 Å². The quantitative estimate of drug-likeness (QED) is 0.771. The average Bonchev–Trinajstić information content (AvgIpc) is 2.37. The van der Waals surface area contributed by atoms with Gasteiger partial charge in [-0.25, -0.2) is 4.39 Å². The van der Waals surface area contributed by atoms with Crippen LogP contribution in [0.2, 0.25) is 0 Å². The highest BCUT2D eigenvalue weighted by Crippen LogP contribution is 2.15. The minimum atomic E-state index is -0.264. The third-order valence-electron chi connectivity index (χ3n) is 3.30. The maximum absolute atomic E-state index is 12.7. The van der Waals surface area contributed by atoms with Crippen LogP contribution < -0.4 is 5.73 Å². The molecule has 2 nitrogen and oxygen atoms in total. The van der Waals surface area contributed by atoms with Gasteiger partial charge in [0.2, 0.25) is 0 Å². The van der Waals surface area contributed by atoms with Gasteiger partial charge < -0.3 is 5.73 Å². The number of carbonyl (C=O) groups excluding carboxylic acids is 1. The molecule has 0 amide bonds. The van der Waals surface area contributed by atoms with Crippen molar-refractivity contribution in [1.29, 1.82) is 0 Å². The Kier molecular flexibility index (Phi) is 6.58. The van der Waals surface area contributed by atoms with E-state index in [1.165, 1.54) is 12.1 Å². The minimum Gasteiger partial charge on any atom is -0.330 e. The van der Waals surface area contributed by atoms with Crippen LogP contribution in [0.4, 0.5) is 4.39 Å². The van der Waals surface area contributed by atoms with Crippen LogP contribution >= 0.6 is 0 Å². The normalized spacial score (nSPS) is 12.4. The number of hydrogen-bond acceptors (Lipinski definition) is 2. The van der Waals surface area contributed by atoms with Crippen molar-refractivity contribution in [3.8, 4) is 0 Å². The lowest BCUT2D eigenvalue weighted by Crippen LogP contribution is -2.11. The Hall–Kier alpha value is -1.22. The van der Waals surface area contributed by atoms with E-state index in [9.17, 15) is 9.18 Å². The van der Waals surface area contributed by atoms with Gasteiger partial charge in [-0.3, -0.25) is 4.79 Å². The first-order valence-electron chi connectivity index (χ1n) is 6.62. The van der Waals surface area contributed by atoms with Gasteiger partial charge in [-0.05, 0) is 43.0 Å². The molecule has 2 N–H and O–H groups in total. The van der Waals surface area contributed by atoms with E-state index in [4.69, 9.17) is 5.73 Å². The van der Waals surface area contributed by atoms with Crippen molar-refractivity contribution >= 4 is 5.78 Å². The van der Waals surface area contributed by atoms with E-state index in [1.54, 1.807) is 12.1 Å². The molecule has 1 aromatic rings. The average molecular weight is 251 g/mol. The van der Waals surface area contributed by atoms with Gasteiger partial charge in [0.05, 0.1) is 0 Å². The van der Waals surface area contributed by atoms with E-state index in [1.807, 2.05) is 0 Å². The third kappa shape index (κ3) is 5.41. The Labute approximate surface area is 108 Å². The molecule has 1 aromatic carbocycles. The number of halogens is 1. The zero-order valence-electron chi connectivity index (χ0n) is 11.0. The van der Waals surface area contributed by atoms with Crippen molar-refractivity contribution in [1.82, 2.24) is 0 Å². The van der Waals surface area contributed by atoms with Gasteiger partial charge >= 0.3 is 0 Å². The minimum absolute atomic E-state index is 0.220. The summed E-state index contributed by atoms with van der Waals surface area (Å²) < 4.78 is 12.7. The summed E-state index contributed by atoms with van der Waals surface area (Å²) in [5.74, 6) is 0.504. The molecule has 0 saturated carbocycles. The van der Waals surface area contributed by atoms with Crippen molar-refractivity contribution in [2.24, 2.45) is 11.7 Å². The van der Waals surface area contributed by atoms with Crippen molar-refractivity contribution in [2.45, 2.75) is 39.0 Å². The first-order chi connectivity index (χ1) is 8.65. The monoisotopic (exact) mass is 251 g/mol. The van der Waals surface area contributed by atoms with E-state index in [2.05, 4.69) is 6.92 Å². The Morgan fingerprint density at radius 3 is 2.50 bits per heavy atom. The highest BCUT2D eigenvalue weighted by molar-refractivity contribution is 5.80. The van der Waals surface area contributed by atoms with E-state index >= 15 is 0 Å². The van der Waals surface area contributed by atoms with Crippen LogP contribution in [0, 0.1) is 11.7 Å². The number of ketones is 1. The number of nitrogens with two attached hydrogens (primary N) is 1. The molecule has 3 heteroatoms. The first kappa shape index (κ1) is 14.8. The Bertz CT molecular complexity index is 361. The lowest BCUT2D eigenvalue weighted by molar-refractivity contribution is -0.118. The van der Waals surface area contributed by atoms with E-state index in [0.717, 1.165) is 24.8 Å². The third-order valence-corrected chi connectivity index (χ3v) is 3.30. The summed E-state index contributed by atoms with van der Waals surface area (Å²) in [6.07, 6.45) is 3.96. The topological polar surface area (TPSA) is 43.1 Å². The lowest BCUT2D eigenvalue weighted by atomic mass is 9.94. The fourth-order valence-electron chi connectivity index (χ4n) is 2.07. The number of benzene rings is 1. The summed E-state index contributed by atoms with van der Waals surface area (Å²) in [5.41, 5.74) is 6.41. The summed E-state index contributed by atoms with van der Waals surface area (Å²) in [6.45, 7) is 2.81. The molecule has 0 aliphatic heterocycles. The summed E-state index contributed by atoms with van der Waals surface area (Å²) in [6, 6.07) is 6.13. The lowest BCUT2D eigenvalue weighted by Gasteiger charge is -2.12. The van der Waals surface area contributed by atoms with E-state index in [-0.39, 0.29) is 11.6 Å². The highest BCUT2D eigenvalue weighted by atomic mass is 19.1. The Morgan fingerprint density at radius 2 is 1.94 bits per heavy atom. The van der Waals surface area contributed by atoms with Crippen molar-refractivity contribution in [2.75, 3.05) is 6.54 Å². The van der Waals surface area contributed by atoms with Crippen LogP contribution in [0.5, 0.6) is 0 Å². The number of hydrogen-bond donors (Lipinski definition) is 1. The fourth-order valence-corrected chi connectivity index (χ4v) is 2.07. The zero-order chi connectivity index (χ0) is 13.4. The summed E-state index contributed by atoms with van der Waals surface area (Å²) in [4.78, 5) is 11.8. The number of Topliss-reactive ketones (excluding diaryl/α,β-unsaturated/α-hetero) is 1. The largest absolute Gasteiger partial charge is 0.330 e. The maximum Gasteiger partial charge on any atom is 0.137 e. The van der Waals surface area contributed by atoms with Gasteiger partial charge in [-0.2, -0.15) is 0 Å². The molecule has 0 saturated heterocycles. The van der Waals surface area contributed by atoms with Crippen molar-refractivity contribution in [3.05, 3.63) is 35.6 Å². The molecule has 1 unspecified atom stereocenters. The summed E-state index contributed by atoms with van der Waals surface area (Å²) >= 11 is 0.